The number of thioether (sulfide) groups is 1. The van der Waals surface area contributed by atoms with Crippen LogP contribution in [0.25, 0.3) is 0 Å². The van der Waals surface area contributed by atoms with Crippen molar-refractivity contribution in [1.82, 2.24) is 4.90 Å². The molecule has 0 saturated carbocycles. The van der Waals surface area contributed by atoms with Crippen LogP contribution < -0.4 is 5.32 Å². The minimum Gasteiger partial charge on any atom is -0.345 e. The van der Waals surface area contributed by atoms with E-state index in [0.717, 1.165) is 11.3 Å². The molecule has 0 bridgehead atoms. The maximum Gasteiger partial charge on any atom is 0.253 e. The third-order valence-corrected chi connectivity index (χ3v) is 4.47. The van der Waals surface area contributed by atoms with Crippen LogP contribution in [-0.2, 0) is 10.5 Å². The average Bonchev–Trinajstić information content (AvgIpc) is 2.56. The fraction of sp³-hybridized carbons (Fsp3) is 0.222. The van der Waals surface area contributed by atoms with Gasteiger partial charge >= 0.3 is 0 Å². The number of anilines is 1. The zero-order valence-corrected chi connectivity index (χ0v) is 15.2. The summed E-state index contributed by atoms with van der Waals surface area (Å²) >= 11 is 7.37. The maximum absolute atomic E-state index is 12.0. The van der Waals surface area contributed by atoms with Gasteiger partial charge in [-0.1, -0.05) is 29.8 Å². The number of amides is 2. The first-order chi connectivity index (χ1) is 11.5. The van der Waals surface area contributed by atoms with Crippen LogP contribution in [0.2, 0.25) is 5.02 Å². The Kier molecular flexibility index (Phi) is 6.70. The first-order valence-corrected chi connectivity index (χ1v) is 8.93. The molecule has 2 amide bonds. The van der Waals surface area contributed by atoms with Crippen molar-refractivity contribution < 1.29 is 9.59 Å². The van der Waals surface area contributed by atoms with Gasteiger partial charge in [-0.25, -0.2) is 0 Å². The minimum absolute atomic E-state index is 0.0941. The summed E-state index contributed by atoms with van der Waals surface area (Å²) in [5.74, 6) is 0.893. The van der Waals surface area contributed by atoms with Crippen molar-refractivity contribution in [2.45, 2.75) is 5.75 Å². The maximum atomic E-state index is 12.0. The Hall–Kier alpha value is -1.98. The van der Waals surface area contributed by atoms with Crippen LogP contribution in [0.5, 0.6) is 0 Å². The van der Waals surface area contributed by atoms with Gasteiger partial charge < -0.3 is 10.2 Å². The molecule has 0 fully saturated rings. The molecular weight excluding hydrogens is 344 g/mol. The van der Waals surface area contributed by atoms with Gasteiger partial charge in [0.2, 0.25) is 5.91 Å². The lowest BCUT2D eigenvalue weighted by Gasteiger charge is -2.11. The molecule has 1 N–H and O–H groups in total. The first kappa shape index (κ1) is 18.4. The highest BCUT2D eigenvalue weighted by Crippen LogP contribution is 2.17. The second-order valence-electron chi connectivity index (χ2n) is 5.45. The van der Waals surface area contributed by atoms with Crippen molar-refractivity contribution in [3.05, 3.63) is 64.7 Å². The third-order valence-electron chi connectivity index (χ3n) is 3.21. The Morgan fingerprint density at radius 3 is 2.50 bits per heavy atom. The summed E-state index contributed by atoms with van der Waals surface area (Å²) < 4.78 is 0. The molecule has 0 heterocycles. The molecule has 2 aromatic rings. The topological polar surface area (TPSA) is 49.4 Å². The van der Waals surface area contributed by atoms with Gasteiger partial charge in [0.15, 0.2) is 0 Å². The quantitative estimate of drug-likeness (QED) is 0.847. The molecule has 0 saturated heterocycles. The molecule has 2 aromatic carbocycles. The molecule has 0 aliphatic heterocycles. The van der Waals surface area contributed by atoms with E-state index < -0.39 is 0 Å². The van der Waals surface area contributed by atoms with Gasteiger partial charge in [0.25, 0.3) is 5.91 Å². The van der Waals surface area contributed by atoms with E-state index in [1.54, 1.807) is 38.4 Å². The number of nitrogens with one attached hydrogen (secondary N) is 1. The van der Waals surface area contributed by atoms with E-state index in [0.29, 0.717) is 22.0 Å². The molecule has 0 aliphatic carbocycles. The van der Waals surface area contributed by atoms with E-state index in [-0.39, 0.29) is 11.8 Å². The van der Waals surface area contributed by atoms with Crippen LogP contribution in [0.3, 0.4) is 0 Å². The predicted octanol–water partition coefficient (Wildman–Crippen LogP) is 3.91. The van der Waals surface area contributed by atoms with Crippen LogP contribution in [0.4, 0.5) is 5.69 Å². The fourth-order valence-electron chi connectivity index (χ4n) is 2.03. The van der Waals surface area contributed by atoms with Crippen molar-refractivity contribution in [1.29, 1.82) is 0 Å². The summed E-state index contributed by atoms with van der Waals surface area (Å²) in [4.78, 5) is 25.5. The lowest BCUT2D eigenvalue weighted by atomic mass is 10.2. The van der Waals surface area contributed by atoms with Crippen LogP contribution in [0.15, 0.2) is 48.5 Å². The van der Waals surface area contributed by atoms with E-state index in [1.807, 2.05) is 24.3 Å². The number of hydrogen-bond donors (Lipinski definition) is 1. The van der Waals surface area contributed by atoms with Gasteiger partial charge in [0.05, 0.1) is 5.75 Å². The number of hydrogen-bond acceptors (Lipinski definition) is 3. The molecule has 0 aliphatic rings. The van der Waals surface area contributed by atoms with E-state index in [2.05, 4.69) is 5.32 Å². The lowest BCUT2D eigenvalue weighted by molar-refractivity contribution is -0.113. The largest absolute Gasteiger partial charge is 0.345 e. The minimum atomic E-state index is -0.0942. The zero-order chi connectivity index (χ0) is 17.5. The van der Waals surface area contributed by atoms with E-state index in [4.69, 9.17) is 11.6 Å². The predicted molar refractivity (Wildman–Crippen MR) is 101 cm³/mol. The number of carbonyl (C=O) groups is 2. The van der Waals surface area contributed by atoms with Crippen molar-refractivity contribution >= 4 is 40.9 Å². The molecule has 6 heteroatoms. The number of benzene rings is 2. The third kappa shape index (κ3) is 5.58. The van der Waals surface area contributed by atoms with Gasteiger partial charge in [0, 0.05) is 36.1 Å². The second-order valence-corrected chi connectivity index (χ2v) is 6.87. The summed E-state index contributed by atoms with van der Waals surface area (Å²) in [6.07, 6.45) is 0. The molecule has 4 nitrogen and oxygen atoms in total. The van der Waals surface area contributed by atoms with Crippen molar-refractivity contribution in [3.63, 3.8) is 0 Å². The second kappa shape index (κ2) is 8.76. The molecule has 0 unspecified atom stereocenters. The summed E-state index contributed by atoms with van der Waals surface area (Å²) in [7, 11) is 3.39. The Labute approximate surface area is 151 Å². The van der Waals surface area contributed by atoms with Crippen molar-refractivity contribution in [2.75, 3.05) is 25.2 Å². The van der Waals surface area contributed by atoms with Crippen molar-refractivity contribution in [3.8, 4) is 0 Å². The summed E-state index contributed by atoms with van der Waals surface area (Å²) in [6.45, 7) is 0. The monoisotopic (exact) mass is 362 g/mol. The molecule has 0 spiro atoms. The number of nitrogens with zero attached hydrogens (tertiary/aromatic N) is 1. The molecule has 0 atom stereocenters. The van der Waals surface area contributed by atoms with Crippen molar-refractivity contribution in [2.24, 2.45) is 0 Å². The van der Waals surface area contributed by atoms with Crippen LogP contribution >= 0.6 is 23.4 Å². The van der Waals surface area contributed by atoms with Crippen LogP contribution in [0.1, 0.15) is 15.9 Å². The van der Waals surface area contributed by atoms with Gasteiger partial charge in [-0.3, -0.25) is 9.59 Å². The molecular formula is C18H19ClN2O2S. The normalized spacial score (nSPS) is 10.3. The van der Waals surface area contributed by atoms with E-state index in [9.17, 15) is 9.59 Å². The smallest absolute Gasteiger partial charge is 0.253 e. The molecule has 0 radical (unpaired) electrons. The number of halogens is 1. The van der Waals surface area contributed by atoms with Gasteiger partial charge in [0.1, 0.15) is 0 Å². The summed E-state index contributed by atoms with van der Waals surface area (Å²) in [6, 6.07) is 14.5. The SMILES string of the molecule is CN(C)C(=O)c1cccc(NC(=O)CSCc2ccc(Cl)cc2)c1. The Morgan fingerprint density at radius 2 is 1.83 bits per heavy atom. The zero-order valence-electron chi connectivity index (χ0n) is 13.6. The van der Waals surface area contributed by atoms with Gasteiger partial charge in [-0.05, 0) is 35.9 Å². The molecule has 2 rings (SSSR count). The standard InChI is InChI=1S/C18H19ClN2O2S/c1-21(2)18(23)14-4-3-5-16(10-14)20-17(22)12-24-11-13-6-8-15(19)9-7-13/h3-10H,11-12H2,1-2H3,(H,20,22). The van der Waals surface area contributed by atoms with E-state index >= 15 is 0 Å². The molecule has 126 valence electrons. The number of carbonyl (C=O) groups excluding carboxylic acids is 2. The van der Waals surface area contributed by atoms with Gasteiger partial charge in [-0.2, -0.15) is 0 Å². The van der Waals surface area contributed by atoms with E-state index in [1.165, 1.54) is 16.7 Å². The van der Waals surface area contributed by atoms with Gasteiger partial charge in [-0.15, -0.1) is 11.8 Å². The highest BCUT2D eigenvalue weighted by molar-refractivity contribution is 7.99. The molecule has 24 heavy (non-hydrogen) atoms. The fourth-order valence-corrected chi connectivity index (χ4v) is 2.94. The summed E-state index contributed by atoms with van der Waals surface area (Å²) in [5.41, 5.74) is 2.29. The molecule has 0 aromatic heterocycles. The first-order valence-electron chi connectivity index (χ1n) is 7.39. The number of rotatable bonds is 6. The Morgan fingerprint density at radius 1 is 1.12 bits per heavy atom. The highest BCUT2D eigenvalue weighted by atomic mass is 35.5. The van der Waals surface area contributed by atoms with Crippen LogP contribution in [-0.4, -0.2) is 36.6 Å². The van der Waals surface area contributed by atoms with Crippen LogP contribution in [0, 0.1) is 0 Å². The Balaban J connectivity index is 1.85. The highest BCUT2D eigenvalue weighted by Gasteiger charge is 2.09. The Bertz CT molecular complexity index is 717. The summed E-state index contributed by atoms with van der Waals surface area (Å²) in [5, 5.41) is 3.52. The lowest BCUT2D eigenvalue weighted by Crippen LogP contribution is -2.22. The average molecular weight is 363 g/mol.